The molecule has 1 atom stereocenters. The normalized spacial score (nSPS) is 18.6. The van der Waals surface area contributed by atoms with Gasteiger partial charge in [0.1, 0.15) is 6.34 Å². The lowest BCUT2D eigenvalue weighted by atomic mass is 10.0. The van der Waals surface area contributed by atoms with Crippen molar-refractivity contribution in [2.75, 3.05) is 32.9 Å². The molecule has 0 radical (unpaired) electrons. The number of hydrogen-bond donors (Lipinski definition) is 1. The van der Waals surface area contributed by atoms with E-state index in [0.717, 1.165) is 50.4 Å². The number of carbonyl (C=O) groups excluding carboxylic acids is 3. The molecule has 0 spiro atoms. The van der Waals surface area contributed by atoms with Gasteiger partial charge < -0.3 is 14.7 Å². The largest absolute Gasteiger partial charge is 0.394 e. The third kappa shape index (κ3) is 5.04. The molecular formula is C26H25N5O5. The number of fused-ring (bicyclic) bond motifs is 1. The summed E-state index contributed by atoms with van der Waals surface area (Å²) in [5, 5.41) is 9.86. The number of aliphatic hydroxyl groups is 1. The fourth-order valence-electron chi connectivity index (χ4n) is 4.43. The predicted molar refractivity (Wildman–Crippen MR) is 131 cm³/mol. The Balaban J connectivity index is 1.22. The van der Waals surface area contributed by atoms with Gasteiger partial charge >= 0.3 is 11.9 Å². The van der Waals surface area contributed by atoms with E-state index in [2.05, 4.69) is 38.9 Å². The van der Waals surface area contributed by atoms with E-state index < -0.39 is 17.7 Å². The first kappa shape index (κ1) is 23.8. The van der Waals surface area contributed by atoms with Crippen LogP contribution in [0.1, 0.15) is 28.8 Å². The molecule has 1 unspecified atom stereocenters. The van der Waals surface area contributed by atoms with Crippen molar-refractivity contribution < 1.29 is 24.2 Å². The number of nitrogens with zero attached hydrogens (tertiary/aromatic N) is 5. The van der Waals surface area contributed by atoms with Crippen molar-refractivity contribution in [1.29, 1.82) is 0 Å². The van der Waals surface area contributed by atoms with Crippen molar-refractivity contribution in [3.63, 3.8) is 0 Å². The second kappa shape index (κ2) is 10.4. The van der Waals surface area contributed by atoms with Crippen LogP contribution in [0.15, 0.2) is 46.5 Å². The minimum absolute atomic E-state index is 0.0130. The molecule has 1 aromatic carbocycles. The molecule has 10 heteroatoms. The number of carbonyl (C=O) groups is 3. The van der Waals surface area contributed by atoms with E-state index in [0.29, 0.717) is 5.56 Å². The Morgan fingerprint density at radius 1 is 1.06 bits per heavy atom. The van der Waals surface area contributed by atoms with E-state index in [-0.39, 0.29) is 31.3 Å². The van der Waals surface area contributed by atoms with Gasteiger partial charge in [0.25, 0.3) is 5.78 Å². The Hall–Kier alpha value is -3.91. The molecule has 36 heavy (non-hydrogen) atoms. The molecule has 0 bridgehead atoms. The maximum Gasteiger partial charge on any atom is 0.329 e. The van der Waals surface area contributed by atoms with Crippen LogP contribution in [0.5, 0.6) is 0 Å². The highest BCUT2D eigenvalue weighted by Gasteiger charge is 2.35. The number of aliphatic imine (C=N–C) groups is 2. The van der Waals surface area contributed by atoms with Gasteiger partial charge in [-0.15, -0.1) is 0 Å². The number of amides is 2. The summed E-state index contributed by atoms with van der Waals surface area (Å²) in [6.07, 6.45) is 2.66. The highest BCUT2D eigenvalue weighted by atomic mass is 16.5. The Morgan fingerprint density at radius 3 is 2.53 bits per heavy atom. The van der Waals surface area contributed by atoms with Crippen LogP contribution in [0.2, 0.25) is 0 Å². The molecule has 3 aliphatic rings. The maximum absolute atomic E-state index is 13.0. The number of hydrogen-bond acceptors (Lipinski definition) is 7. The van der Waals surface area contributed by atoms with Crippen LogP contribution in [0.25, 0.3) is 0 Å². The first-order chi connectivity index (χ1) is 17.5. The number of Topliss-reactive ketones (excluding diaryl/α,β-unsaturated/α-hetero) is 1. The standard InChI is InChI=1S/C26H25N5O5/c32-16-22(12-23-24(33)25(34)28-17-27-23)31-15-21-11-20(14-30(21)26(31)35)6-3-18-1-4-19(5-2-18)13-29-7-9-36-10-8-29/h1-2,4-5,11,14,17,22,32H,7-10,12-13,15-16H2. The third-order valence-electron chi connectivity index (χ3n) is 6.42. The number of ether oxygens (including phenoxy) is 1. The smallest absolute Gasteiger partial charge is 0.329 e. The molecule has 1 N–H and O–H groups in total. The fourth-order valence-corrected chi connectivity index (χ4v) is 4.43. The minimum atomic E-state index is -0.898. The topological polar surface area (TPSA) is 117 Å². The SMILES string of the molecule is O=C1N=CN=C(CC(CO)N2Cc3cc(C#Cc4ccc(CN5CCOCC5)cc4)cn3C2=O)C1=O. The number of aromatic nitrogens is 1. The van der Waals surface area contributed by atoms with E-state index in [1.54, 1.807) is 6.20 Å². The Kier molecular flexibility index (Phi) is 6.86. The van der Waals surface area contributed by atoms with Gasteiger partial charge in [0.15, 0.2) is 0 Å². The summed E-state index contributed by atoms with van der Waals surface area (Å²) in [6, 6.07) is 8.98. The van der Waals surface area contributed by atoms with Crippen molar-refractivity contribution >= 4 is 29.8 Å². The van der Waals surface area contributed by atoms with Crippen LogP contribution >= 0.6 is 0 Å². The number of morpholine rings is 1. The molecular weight excluding hydrogens is 462 g/mol. The second-order valence-electron chi connectivity index (χ2n) is 8.83. The zero-order valence-electron chi connectivity index (χ0n) is 19.6. The zero-order valence-corrected chi connectivity index (χ0v) is 19.6. The molecule has 2 aromatic rings. The Bertz CT molecular complexity index is 1310. The molecule has 3 aliphatic heterocycles. The lowest BCUT2D eigenvalue weighted by Gasteiger charge is -2.26. The number of aliphatic hydroxyl groups excluding tert-OH is 1. The number of rotatable bonds is 6. The molecule has 184 valence electrons. The summed E-state index contributed by atoms with van der Waals surface area (Å²) in [6.45, 7) is 4.21. The summed E-state index contributed by atoms with van der Waals surface area (Å²) in [4.78, 5) is 47.5. The fraction of sp³-hybridized carbons (Fsp3) is 0.346. The van der Waals surface area contributed by atoms with Crippen LogP contribution in [0.3, 0.4) is 0 Å². The van der Waals surface area contributed by atoms with Gasteiger partial charge in [-0.05, 0) is 23.8 Å². The molecule has 2 amide bonds. The summed E-state index contributed by atoms with van der Waals surface area (Å²) in [5.74, 6) is 4.55. The van der Waals surface area contributed by atoms with Gasteiger partial charge in [-0.25, -0.2) is 9.79 Å². The van der Waals surface area contributed by atoms with E-state index in [1.165, 1.54) is 15.0 Å². The Morgan fingerprint density at radius 2 is 1.81 bits per heavy atom. The van der Waals surface area contributed by atoms with E-state index in [9.17, 15) is 19.5 Å². The Labute approximate surface area is 207 Å². The zero-order chi connectivity index (χ0) is 25.1. The molecule has 0 saturated carbocycles. The third-order valence-corrected chi connectivity index (χ3v) is 6.42. The molecule has 1 fully saturated rings. The van der Waals surface area contributed by atoms with Gasteiger partial charge in [-0.1, -0.05) is 24.0 Å². The lowest BCUT2D eigenvalue weighted by molar-refractivity contribution is -0.132. The van der Waals surface area contributed by atoms with Gasteiger partial charge in [-0.3, -0.25) is 19.1 Å². The minimum Gasteiger partial charge on any atom is -0.394 e. The first-order valence-electron chi connectivity index (χ1n) is 11.7. The summed E-state index contributed by atoms with van der Waals surface area (Å²) in [7, 11) is 0. The van der Waals surface area contributed by atoms with Crippen molar-refractivity contribution in [1.82, 2.24) is 14.4 Å². The highest BCUT2D eigenvalue weighted by molar-refractivity contribution is 6.66. The van der Waals surface area contributed by atoms with Gasteiger partial charge in [0, 0.05) is 49.1 Å². The quantitative estimate of drug-likeness (QED) is 0.477. The number of ketones is 1. The molecule has 1 aromatic heterocycles. The van der Waals surface area contributed by atoms with Gasteiger partial charge in [0.05, 0.1) is 38.1 Å². The molecule has 0 aliphatic carbocycles. The predicted octanol–water partition coefficient (Wildman–Crippen LogP) is 0.833. The number of benzene rings is 1. The van der Waals surface area contributed by atoms with Crippen molar-refractivity contribution in [2.24, 2.45) is 9.98 Å². The molecule has 10 nitrogen and oxygen atoms in total. The van der Waals surface area contributed by atoms with Crippen LogP contribution in [0.4, 0.5) is 4.79 Å². The van der Waals surface area contributed by atoms with Crippen molar-refractivity contribution in [3.8, 4) is 11.8 Å². The summed E-state index contributed by atoms with van der Waals surface area (Å²) < 4.78 is 6.89. The van der Waals surface area contributed by atoms with E-state index in [1.807, 2.05) is 18.2 Å². The van der Waals surface area contributed by atoms with E-state index >= 15 is 0 Å². The van der Waals surface area contributed by atoms with Gasteiger partial charge in [-0.2, -0.15) is 4.99 Å². The van der Waals surface area contributed by atoms with Crippen molar-refractivity contribution in [2.45, 2.75) is 25.6 Å². The molecule has 5 rings (SSSR count). The lowest BCUT2D eigenvalue weighted by Crippen LogP contribution is -2.42. The van der Waals surface area contributed by atoms with Gasteiger partial charge in [0.2, 0.25) is 0 Å². The van der Waals surface area contributed by atoms with Crippen LogP contribution < -0.4 is 0 Å². The molecule has 4 heterocycles. The second-order valence-corrected chi connectivity index (χ2v) is 8.83. The average Bonchev–Trinajstić information content (AvgIpc) is 3.43. The summed E-state index contributed by atoms with van der Waals surface area (Å²) >= 11 is 0. The monoisotopic (exact) mass is 487 g/mol. The summed E-state index contributed by atoms with van der Waals surface area (Å²) in [5.41, 5.74) is 3.55. The van der Waals surface area contributed by atoms with Crippen molar-refractivity contribution in [3.05, 3.63) is 58.9 Å². The average molecular weight is 488 g/mol. The molecule has 1 saturated heterocycles. The van der Waals surface area contributed by atoms with Crippen LogP contribution in [-0.2, 0) is 27.4 Å². The highest BCUT2D eigenvalue weighted by Crippen LogP contribution is 2.23. The van der Waals surface area contributed by atoms with Crippen LogP contribution in [0, 0.1) is 11.8 Å². The van der Waals surface area contributed by atoms with Crippen LogP contribution in [-0.4, -0.2) is 88.2 Å². The first-order valence-corrected chi connectivity index (χ1v) is 11.7. The van der Waals surface area contributed by atoms with E-state index in [4.69, 9.17) is 4.74 Å². The maximum atomic E-state index is 13.0.